The van der Waals surface area contributed by atoms with E-state index in [9.17, 15) is 4.79 Å². The van der Waals surface area contributed by atoms with Crippen molar-refractivity contribution < 1.29 is 14.2 Å². The number of nitrogens with one attached hydrogen (secondary N) is 1. The van der Waals surface area contributed by atoms with Crippen LogP contribution >= 0.6 is 0 Å². The summed E-state index contributed by atoms with van der Waals surface area (Å²) in [6, 6.07) is 28.9. The van der Waals surface area contributed by atoms with E-state index in [0.717, 1.165) is 78.0 Å². The van der Waals surface area contributed by atoms with E-state index < -0.39 is 0 Å². The number of hydrogen-bond donors (Lipinski definition) is 1. The maximum absolute atomic E-state index is 12.9. The molecule has 1 N–H and O–H groups in total. The van der Waals surface area contributed by atoms with Gasteiger partial charge in [0.1, 0.15) is 23.8 Å². The first-order chi connectivity index (χ1) is 20.7. The second kappa shape index (κ2) is 12.8. The lowest BCUT2D eigenvalue weighted by Crippen LogP contribution is -2.38. The third kappa shape index (κ3) is 6.27. The van der Waals surface area contributed by atoms with Crippen LogP contribution in [0, 0.1) is 0 Å². The van der Waals surface area contributed by atoms with Gasteiger partial charge in [-0.05, 0) is 35.9 Å². The molecular weight excluding hydrogens is 530 g/mol. The van der Waals surface area contributed by atoms with Crippen LogP contribution in [0.2, 0.25) is 0 Å². The first-order valence-electron chi connectivity index (χ1n) is 14.1. The average molecular weight is 564 g/mol. The number of methoxy groups -OCH3 is 1. The molecule has 1 fully saturated rings. The van der Waals surface area contributed by atoms with Crippen molar-refractivity contribution in [1.29, 1.82) is 0 Å². The molecule has 1 saturated heterocycles. The number of rotatable bonds is 10. The van der Waals surface area contributed by atoms with E-state index in [4.69, 9.17) is 24.4 Å². The second-order valence-electron chi connectivity index (χ2n) is 10.1. The zero-order chi connectivity index (χ0) is 28.7. The molecule has 42 heavy (non-hydrogen) atoms. The van der Waals surface area contributed by atoms with Crippen molar-refractivity contribution in [3.8, 4) is 45.3 Å². The Morgan fingerprint density at radius 1 is 0.881 bits per heavy atom. The van der Waals surface area contributed by atoms with Gasteiger partial charge in [-0.15, -0.1) is 0 Å². The number of nitrogens with zero attached hydrogens (tertiary/aromatic N) is 4. The van der Waals surface area contributed by atoms with Gasteiger partial charge in [-0.2, -0.15) is 10.2 Å². The molecule has 1 aliphatic rings. The summed E-state index contributed by atoms with van der Waals surface area (Å²) in [4.78, 5) is 15.2. The van der Waals surface area contributed by atoms with Crippen LogP contribution in [-0.4, -0.2) is 71.4 Å². The maximum atomic E-state index is 12.9. The predicted octanol–water partition coefficient (Wildman–Crippen LogP) is 4.74. The van der Waals surface area contributed by atoms with Crippen molar-refractivity contribution in [3.63, 3.8) is 0 Å². The van der Waals surface area contributed by atoms with Crippen LogP contribution in [0.1, 0.15) is 5.56 Å². The average Bonchev–Trinajstić information content (AvgIpc) is 3.49. The molecular formula is C33H33N5O4. The van der Waals surface area contributed by atoms with Crippen LogP contribution in [0.4, 0.5) is 0 Å². The molecule has 6 rings (SSSR count). The zero-order valence-electron chi connectivity index (χ0n) is 23.5. The summed E-state index contributed by atoms with van der Waals surface area (Å²) in [5.74, 6) is 1.53. The Labute approximate surface area is 244 Å². The van der Waals surface area contributed by atoms with Crippen LogP contribution in [-0.2, 0) is 11.3 Å². The molecule has 0 aliphatic carbocycles. The van der Waals surface area contributed by atoms with Crippen LogP contribution < -0.4 is 15.0 Å². The Morgan fingerprint density at radius 3 is 2.45 bits per heavy atom. The fourth-order valence-electron chi connectivity index (χ4n) is 5.06. The van der Waals surface area contributed by atoms with Crippen LogP contribution in [0.5, 0.6) is 11.5 Å². The van der Waals surface area contributed by atoms with Gasteiger partial charge in [-0.3, -0.25) is 14.8 Å². The van der Waals surface area contributed by atoms with Gasteiger partial charge in [0.2, 0.25) is 0 Å². The number of benzene rings is 3. The fraction of sp³-hybridized carbons (Fsp3) is 0.242. The monoisotopic (exact) mass is 563 g/mol. The molecule has 214 valence electrons. The summed E-state index contributed by atoms with van der Waals surface area (Å²) < 4.78 is 18.3. The zero-order valence-corrected chi connectivity index (χ0v) is 23.5. The molecule has 0 saturated carbocycles. The van der Waals surface area contributed by atoms with Crippen molar-refractivity contribution in [3.05, 3.63) is 107 Å². The van der Waals surface area contributed by atoms with E-state index in [1.54, 1.807) is 19.2 Å². The van der Waals surface area contributed by atoms with E-state index in [2.05, 4.69) is 10.00 Å². The minimum Gasteiger partial charge on any atom is -0.497 e. The highest BCUT2D eigenvalue weighted by atomic mass is 16.5. The van der Waals surface area contributed by atoms with Gasteiger partial charge in [0, 0.05) is 36.8 Å². The SMILES string of the molecule is COc1ccc(Cn2nc(-c3c(-c4cccc(OCCN5CCOCC5)c4)n[nH]c3-c3ccccc3)ccc2=O)cc1. The molecule has 0 unspecified atom stereocenters. The smallest absolute Gasteiger partial charge is 0.267 e. The van der Waals surface area contributed by atoms with E-state index >= 15 is 0 Å². The normalized spacial score (nSPS) is 13.6. The number of aromatic nitrogens is 4. The topological polar surface area (TPSA) is 94.5 Å². The quantitative estimate of drug-likeness (QED) is 0.262. The van der Waals surface area contributed by atoms with Gasteiger partial charge in [-0.25, -0.2) is 4.68 Å². The number of morpholine rings is 1. The maximum Gasteiger partial charge on any atom is 0.267 e. The second-order valence-corrected chi connectivity index (χ2v) is 10.1. The summed E-state index contributed by atoms with van der Waals surface area (Å²) in [6.07, 6.45) is 0. The van der Waals surface area contributed by atoms with Gasteiger partial charge < -0.3 is 14.2 Å². The molecule has 5 aromatic rings. The summed E-state index contributed by atoms with van der Waals surface area (Å²) in [6.45, 7) is 5.15. The van der Waals surface area contributed by atoms with Gasteiger partial charge in [0.25, 0.3) is 5.56 Å². The largest absolute Gasteiger partial charge is 0.497 e. The Kier molecular flexibility index (Phi) is 8.39. The number of H-pyrrole nitrogens is 1. The molecule has 0 atom stereocenters. The number of aromatic amines is 1. The van der Waals surface area contributed by atoms with Gasteiger partial charge >= 0.3 is 0 Å². The molecule has 0 radical (unpaired) electrons. The van der Waals surface area contributed by atoms with E-state index in [-0.39, 0.29) is 5.56 Å². The Morgan fingerprint density at radius 2 is 1.67 bits per heavy atom. The summed E-state index contributed by atoms with van der Waals surface area (Å²) in [5, 5.41) is 12.8. The minimum absolute atomic E-state index is 0.184. The highest BCUT2D eigenvalue weighted by molar-refractivity contribution is 5.90. The highest BCUT2D eigenvalue weighted by Gasteiger charge is 2.21. The summed E-state index contributed by atoms with van der Waals surface area (Å²) in [7, 11) is 1.63. The Balaban J connectivity index is 1.33. The van der Waals surface area contributed by atoms with E-state index in [1.807, 2.05) is 78.9 Å². The van der Waals surface area contributed by atoms with E-state index in [1.165, 1.54) is 4.68 Å². The lowest BCUT2D eigenvalue weighted by Gasteiger charge is -2.26. The van der Waals surface area contributed by atoms with Crippen molar-refractivity contribution in [2.24, 2.45) is 0 Å². The van der Waals surface area contributed by atoms with Crippen molar-refractivity contribution >= 4 is 0 Å². The first kappa shape index (κ1) is 27.4. The highest BCUT2D eigenvalue weighted by Crippen LogP contribution is 2.38. The van der Waals surface area contributed by atoms with Crippen LogP contribution in [0.3, 0.4) is 0 Å². The Hall–Kier alpha value is -4.73. The molecule has 9 heteroatoms. The molecule has 9 nitrogen and oxygen atoms in total. The van der Waals surface area contributed by atoms with Gasteiger partial charge in [-0.1, -0.05) is 54.6 Å². The fourth-order valence-corrected chi connectivity index (χ4v) is 5.06. The van der Waals surface area contributed by atoms with Crippen LogP contribution in [0.25, 0.3) is 33.8 Å². The molecule has 0 spiro atoms. The lowest BCUT2D eigenvalue weighted by atomic mass is 9.99. The number of ether oxygens (including phenoxy) is 3. The third-order valence-electron chi connectivity index (χ3n) is 7.33. The van der Waals surface area contributed by atoms with Gasteiger partial charge in [0.05, 0.1) is 43.8 Å². The first-order valence-corrected chi connectivity index (χ1v) is 14.1. The molecule has 0 amide bonds. The molecule has 2 aromatic heterocycles. The number of hydrogen-bond acceptors (Lipinski definition) is 7. The van der Waals surface area contributed by atoms with Crippen molar-refractivity contribution in [1.82, 2.24) is 24.9 Å². The third-order valence-corrected chi connectivity index (χ3v) is 7.33. The van der Waals surface area contributed by atoms with Crippen LogP contribution in [0.15, 0.2) is 95.8 Å². The predicted molar refractivity (Wildman–Crippen MR) is 162 cm³/mol. The van der Waals surface area contributed by atoms with Crippen molar-refractivity contribution in [2.45, 2.75) is 6.54 Å². The molecule has 0 bridgehead atoms. The Bertz CT molecular complexity index is 1680. The molecule has 3 aromatic carbocycles. The standard InChI is InChI=1S/C33H33N5O4/c1-40-27-12-10-24(11-13-27)23-38-30(39)15-14-29(36-38)31-32(25-6-3-2-4-7-25)34-35-33(31)26-8-5-9-28(22-26)42-21-18-37-16-19-41-20-17-37/h2-15,22H,16-21,23H2,1H3,(H,34,35). The summed E-state index contributed by atoms with van der Waals surface area (Å²) >= 11 is 0. The lowest BCUT2D eigenvalue weighted by molar-refractivity contribution is 0.0322. The van der Waals surface area contributed by atoms with Crippen molar-refractivity contribution in [2.75, 3.05) is 46.6 Å². The molecule has 3 heterocycles. The summed E-state index contributed by atoms with van der Waals surface area (Å²) in [5.41, 5.74) is 5.64. The van der Waals surface area contributed by atoms with E-state index in [0.29, 0.717) is 18.8 Å². The molecule has 1 aliphatic heterocycles. The van der Waals surface area contributed by atoms with Gasteiger partial charge in [0.15, 0.2) is 0 Å². The minimum atomic E-state index is -0.184.